The van der Waals surface area contributed by atoms with E-state index in [0.717, 1.165) is 32.6 Å². The quantitative estimate of drug-likeness (QED) is 0.107. The Labute approximate surface area is 317 Å². The summed E-state index contributed by atoms with van der Waals surface area (Å²) < 4.78 is 9.77. The van der Waals surface area contributed by atoms with Crippen molar-refractivity contribution in [2.24, 2.45) is 0 Å². The van der Waals surface area contributed by atoms with E-state index in [-0.39, 0.29) is 11.6 Å². The van der Waals surface area contributed by atoms with Crippen molar-refractivity contribution in [2.75, 3.05) is 13.2 Å². The van der Waals surface area contributed by atoms with Gasteiger partial charge >= 0.3 is 301 Å². The maximum absolute atomic E-state index is 13.7. The van der Waals surface area contributed by atoms with E-state index >= 15 is 0 Å². The van der Waals surface area contributed by atoms with Crippen LogP contribution in [-0.2, 0) is 22.7 Å². The molecule has 7 rings (SSSR count). The summed E-state index contributed by atoms with van der Waals surface area (Å²) in [6.07, 6.45) is 13.5. The monoisotopic (exact) mass is 898 g/mol. The molecular weight excluding hydrogens is 862 g/mol. The number of hydrogen-bond donors (Lipinski definition) is 0. The number of benzene rings is 3. The van der Waals surface area contributed by atoms with Crippen molar-refractivity contribution in [1.29, 1.82) is 0 Å². The van der Waals surface area contributed by atoms with Gasteiger partial charge in [0, 0.05) is 0 Å². The summed E-state index contributed by atoms with van der Waals surface area (Å²) in [5, 5.41) is 4.82. The van der Waals surface area contributed by atoms with Crippen molar-refractivity contribution in [1.82, 2.24) is 0 Å². The predicted molar refractivity (Wildman–Crippen MR) is 213 cm³/mol. The van der Waals surface area contributed by atoms with E-state index < -0.39 is 7.26 Å². The summed E-state index contributed by atoms with van der Waals surface area (Å²) >= 11 is 4.52. The van der Waals surface area contributed by atoms with Gasteiger partial charge in [-0.25, -0.2) is 0 Å². The van der Waals surface area contributed by atoms with E-state index in [1.54, 1.807) is 17.9 Å². The van der Waals surface area contributed by atoms with Crippen LogP contribution in [0.2, 0.25) is 0 Å². The van der Waals surface area contributed by atoms with Crippen molar-refractivity contribution >= 4 is 69.6 Å². The van der Waals surface area contributed by atoms with Crippen molar-refractivity contribution in [3.05, 3.63) is 180 Å². The van der Waals surface area contributed by atoms with Crippen molar-refractivity contribution in [3.63, 3.8) is 0 Å². The maximum atomic E-state index is 13.7. The molecule has 51 heavy (non-hydrogen) atoms. The van der Waals surface area contributed by atoms with Gasteiger partial charge in [0.25, 0.3) is 0 Å². The second kappa shape index (κ2) is 15.7. The molecule has 253 valence electrons. The number of ketones is 2. The minimum absolute atomic E-state index is 0.0779. The molecule has 1 aliphatic carbocycles. The Bertz CT molecular complexity index is 2170. The molecule has 0 amide bonds. The minimum atomic E-state index is -2.49. The average Bonchev–Trinajstić information content (AvgIpc) is 3.92. The van der Waals surface area contributed by atoms with Crippen molar-refractivity contribution < 1.29 is 32.3 Å². The summed E-state index contributed by atoms with van der Waals surface area (Å²) in [5.74, 6) is -0.156. The summed E-state index contributed by atoms with van der Waals surface area (Å²) in [6.45, 7) is 5.20. The number of rotatable bonds is 9. The second-order valence-corrected chi connectivity index (χ2v) is 18.3. The molecule has 0 atom stereocenters. The topological polar surface area (TPSA) is 43.4 Å². The van der Waals surface area contributed by atoms with Crippen LogP contribution >= 0.6 is 29.9 Å². The molecule has 3 aromatic carbocycles. The van der Waals surface area contributed by atoms with Crippen LogP contribution in [0, 0.1) is 4.37 Å². The van der Waals surface area contributed by atoms with Gasteiger partial charge in [0.2, 0.25) is 0 Å². The van der Waals surface area contributed by atoms with E-state index in [9.17, 15) is 9.59 Å². The van der Waals surface area contributed by atoms with Gasteiger partial charge in [0.1, 0.15) is 0 Å². The fourth-order valence-electron chi connectivity index (χ4n) is 6.74. The van der Waals surface area contributed by atoms with Crippen LogP contribution in [0.5, 0.6) is 0 Å². The number of carbonyl (C=O) groups is 2. The Morgan fingerprint density at radius 2 is 1.25 bits per heavy atom. The first-order chi connectivity index (χ1) is 25.0. The molecule has 3 nitrogen and oxygen atoms in total. The van der Waals surface area contributed by atoms with Crippen LogP contribution in [0.3, 0.4) is 0 Å². The fraction of sp³-hybridized carbons (Fsp3) is 0.114. The molecule has 2 aromatic heterocycles. The third-order valence-electron chi connectivity index (χ3n) is 8.99. The summed E-state index contributed by atoms with van der Waals surface area (Å²) in [4.78, 5) is 30.2. The number of ether oxygens (including phenoxy) is 1. The number of hydrogen-bond acceptors (Lipinski definition) is 5. The Morgan fingerprint density at radius 3 is 1.73 bits per heavy atom. The number of allylic oxidation sites excluding steroid dienone is 6. The normalized spacial score (nSPS) is 16.6. The fourth-order valence-corrected chi connectivity index (χ4v) is 14.7. The van der Waals surface area contributed by atoms with Crippen molar-refractivity contribution in [2.45, 2.75) is 20.3 Å². The molecule has 0 bridgehead atoms. The van der Waals surface area contributed by atoms with E-state index in [1.165, 1.54) is 44.2 Å². The zero-order valence-electron chi connectivity index (χ0n) is 28.2. The van der Waals surface area contributed by atoms with Gasteiger partial charge in [-0.2, -0.15) is 0 Å². The predicted octanol–water partition coefficient (Wildman–Crippen LogP) is 9.68. The molecule has 0 unspecified atom stereocenters. The van der Waals surface area contributed by atoms with Gasteiger partial charge in [-0.15, -0.1) is 0 Å². The molecule has 7 heteroatoms. The van der Waals surface area contributed by atoms with E-state index in [2.05, 4.69) is 127 Å². The molecule has 2 aliphatic rings. The molecule has 0 saturated carbocycles. The first-order valence-corrected chi connectivity index (χ1v) is 21.5. The van der Waals surface area contributed by atoms with Gasteiger partial charge < -0.3 is 0 Å². The van der Waals surface area contributed by atoms with E-state index in [1.807, 2.05) is 31.2 Å². The standard InChI is InChI=1S/C44H35O3PS2.Os/c1-4-15-32-28-47-29-33(32)25-31(23-24-38-27-40-42(46)43-39(41(45)44(40)50-38)26-37(49-43)16-5-2)30(3)48(34-17-9-6-10-18-34,35-19-11-7-12-20-35)36-21-13-8-14-22-36;/h5-27H,4,28-29H2,1-2H3;/q+1;/b16-5+,24-23+,31-30?,32-15?,33-25?;. The van der Waals surface area contributed by atoms with Crippen LogP contribution in [0.1, 0.15) is 60.5 Å². The third kappa shape index (κ3) is 6.70. The second-order valence-electron chi connectivity index (χ2n) is 12.1. The summed E-state index contributed by atoms with van der Waals surface area (Å²) in [6, 6.07) is 36.1. The zero-order chi connectivity index (χ0) is 35.4. The number of fused-ring (bicyclic) bond motifs is 2. The Hall–Kier alpha value is -4.09. The SMILES string of the molecule is C/C=C/c1cc2c(s1)C(=O)c1cc(/C=C/C(C=C3COCC3=CCC)=C([C]#[Os])[P+](c3ccccc3)(c3ccccc3)c3ccccc3)sc1C2=O. The van der Waals surface area contributed by atoms with Gasteiger partial charge in [0.15, 0.2) is 0 Å². The van der Waals surface area contributed by atoms with Gasteiger partial charge in [-0.1, -0.05) is 6.08 Å². The van der Waals surface area contributed by atoms with Crippen LogP contribution in [-0.4, -0.2) is 24.8 Å². The molecular formula is C44H35O3OsPS2+. The first-order valence-electron chi connectivity index (χ1n) is 16.8. The van der Waals surface area contributed by atoms with Crippen LogP contribution < -0.4 is 15.9 Å². The molecule has 0 radical (unpaired) electrons. The van der Waals surface area contributed by atoms with Gasteiger partial charge in [-0.05, 0) is 13.0 Å². The van der Waals surface area contributed by atoms with Crippen LogP contribution in [0.15, 0.2) is 149 Å². The Kier molecular flexibility index (Phi) is 10.8. The molecule has 0 spiro atoms. The third-order valence-corrected chi connectivity index (χ3v) is 16.6. The number of carbonyl (C=O) groups excluding carboxylic acids is 2. The summed E-state index contributed by atoms with van der Waals surface area (Å²) in [7, 11) is -2.49. The molecule has 5 aromatic rings. The molecule has 0 N–H and O–H groups in total. The van der Waals surface area contributed by atoms with Crippen LogP contribution in [0.25, 0.3) is 12.2 Å². The molecule has 3 heterocycles. The Balaban J connectivity index is 1.46. The van der Waals surface area contributed by atoms with Crippen LogP contribution in [0.4, 0.5) is 0 Å². The number of thiophene rings is 2. The van der Waals surface area contributed by atoms with E-state index in [0.29, 0.717) is 34.1 Å². The zero-order valence-corrected chi connectivity index (χ0v) is 33.3. The van der Waals surface area contributed by atoms with Crippen molar-refractivity contribution in [3.8, 4) is 4.37 Å². The Morgan fingerprint density at radius 1 is 0.765 bits per heavy atom. The molecule has 1 saturated heterocycles. The first kappa shape index (κ1) is 35.3. The summed E-state index contributed by atoms with van der Waals surface area (Å²) in [5.41, 5.74) is 4.37. The van der Waals surface area contributed by atoms with Gasteiger partial charge in [-0.3, -0.25) is 0 Å². The van der Waals surface area contributed by atoms with E-state index in [4.69, 9.17) is 4.74 Å². The average molecular weight is 897 g/mol. The van der Waals surface area contributed by atoms with Gasteiger partial charge in [0.05, 0.1) is 0 Å². The molecule has 1 fully saturated rings. The molecule has 1 aliphatic heterocycles.